The van der Waals surface area contributed by atoms with E-state index in [2.05, 4.69) is 11.9 Å². The van der Waals surface area contributed by atoms with E-state index >= 15 is 0 Å². The number of allylic oxidation sites excluding steroid dienone is 3. The molecule has 2 rings (SSSR count). The smallest absolute Gasteiger partial charge is 0.254 e. The van der Waals surface area contributed by atoms with Crippen LogP contribution in [0.1, 0.15) is 49.5 Å². The van der Waals surface area contributed by atoms with Gasteiger partial charge in [0.1, 0.15) is 6.04 Å². The maximum Gasteiger partial charge on any atom is 0.254 e. The first-order valence-electron chi connectivity index (χ1n) is 8.48. The van der Waals surface area contributed by atoms with Crippen molar-refractivity contribution in [2.24, 2.45) is 0 Å². The lowest BCUT2D eigenvalue weighted by Gasteiger charge is -2.27. The first-order valence-corrected chi connectivity index (χ1v) is 8.48. The van der Waals surface area contributed by atoms with Crippen LogP contribution in [0.2, 0.25) is 0 Å². The van der Waals surface area contributed by atoms with Crippen molar-refractivity contribution in [3.8, 4) is 0 Å². The zero-order valence-corrected chi connectivity index (χ0v) is 15.1. The van der Waals surface area contributed by atoms with Crippen LogP contribution >= 0.6 is 0 Å². The van der Waals surface area contributed by atoms with Crippen molar-refractivity contribution in [1.29, 1.82) is 0 Å². The van der Waals surface area contributed by atoms with Gasteiger partial charge in [0.2, 0.25) is 5.91 Å². The predicted octanol–water partition coefficient (Wildman–Crippen LogP) is 2.72. The molecule has 2 amide bonds. The predicted molar refractivity (Wildman–Crippen MR) is 97.8 cm³/mol. The molecule has 1 atom stereocenters. The van der Waals surface area contributed by atoms with Gasteiger partial charge in [0.15, 0.2) is 0 Å². The topological polar surface area (TPSA) is 69.6 Å². The van der Waals surface area contributed by atoms with Crippen molar-refractivity contribution in [2.45, 2.75) is 45.3 Å². The van der Waals surface area contributed by atoms with Gasteiger partial charge in [-0.2, -0.15) is 0 Å². The first kappa shape index (κ1) is 18.9. The molecule has 1 unspecified atom stereocenters. The van der Waals surface area contributed by atoms with E-state index in [1.54, 1.807) is 62.1 Å². The number of rotatable bonds is 5. The number of nitrogens with zero attached hydrogens (tertiary/aromatic N) is 1. The first-order chi connectivity index (χ1) is 11.8. The summed E-state index contributed by atoms with van der Waals surface area (Å²) in [6, 6.07) is 6.50. The number of benzene rings is 1. The van der Waals surface area contributed by atoms with Gasteiger partial charge >= 0.3 is 0 Å². The Hall–Kier alpha value is -2.40. The number of nitrogens with one attached hydrogen (secondary N) is 1. The van der Waals surface area contributed by atoms with Crippen molar-refractivity contribution < 1.29 is 14.7 Å². The van der Waals surface area contributed by atoms with Crippen LogP contribution in [0.25, 0.3) is 0 Å². The van der Waals surface area contributed by atoms with Crippen LogP contribution in [0.15, 0.2) is 48.7 Å². The SMILES string of the molecule is C=C/C=C(\C)NC(=O)C1CCCN1C(=O)c1ccccc1C(C)(C)O. The Morgan fingerprint density at radius 2 is 2.04 bits per heavy atom. The fraction of sp³-hybridized carbons (Fsp3) is 0.400. The van der Waals surface area contributed by atoms with Crippen LogP contribution in [-0.4, -0.2) is 34.4 Å². The zero-order valence-electron chi connectivity index (χ0n) is 15.1. The minimum Gasteiger partial charge on any atom is -0.386 e. The molecule has 1 aromatic carbocycles. The second-order valence-corrected chi connectivity index (χ2v) is 6.84. The molecule has 1 aliphatic heterocycles. The Labute approximate surface area is 149 Å². The Balaban J connectivity index is 2.26. The fourth-order valence-electron chi connectivity index (χ4n) is 3.14. The van der Waals surface area contributed by atoms with E-state index in [4.69, 9.17) is 0 Å². The van der Waals surface area contributed by atoms with Crippen LogP contribution in [-0.2, 0) is 10.4 Å². The van der Waals surface area contributed by atoms with E-state index in [0.29, 0.717) is 29.8 Å². The molecule has 0 saturated carbocycles. The molecule has 2 N–H and O–H groups in total. The number of aliphatic hydroxyl groups is 1. The van der Waals surface area contributed by atoms with Crippen LogP contribution in [0.5, 0.6) is 0 Å². The van der Waals surface area contributed by atoms with Crippen molar-refractivity contribution in [1.82, 2.24) is 10.2 Å². The molecule has 1 heterocycles. The fourth-order valence-corrected chi connectivity index (χ4v) is 3.14. The van der Waals surface area contributed by atoms with Gasteiger partial charge in [-0.25, -0.2) is 0 Å². The Morgan fingerprint density at radius 1 is 1.36 bits per heavy atom. The molecule has 0 radical (unpaired) electrons. The molecule has 1 fully saturated rings. The highest BCUT2D eigenvalue weighted by atomic mass is 16.3. The molecule has 0 bridgehead atoms. The van der Waals surface area contributed by atoms with Gasteiger partial charge in [-0.1, -0.05) is 30.9 Å². The van der Waals surface area contributed by atoms with Crippen LogP contribution < -0.4 is 5.32 Å². The second-order valence-electron chi connectivity index (χ2n) is 6.84. The van der Waals surface area contributed by atoms with Gasteiger partial charge in [-0.05, 0) is 51.3 Å². The Kier molecular flexibility index (Phi) is 5.80. The van der Waals surface area contributed by atoms with E-state index in [0.717, 1.165) is 6.42 Å². The lowest BCUT2D eigenvalue weighted by Crippen LogP contribution is -2.46. The van der Waals surface area contributed by atoms with Crippen molar-refractivity contribution in [3.63, 3.8) is 0 Å². The molecule has 1 saturated heterocycles. The monoisotopic (exact) mass is 342 g/mol. The summed E-state index contributed by atoms with van der Waals surface area (Å²) in [6.45, 7) is 9.22. The Bertz CT molecular complexity index is 701. The maximum absolute atomic E-state index is 13.0. The van der Waals surface area contributed by atoms with Crippen LogP contribution in [0, 0.1) is 0 Å². The highest BCUT2D eigenvalue weighted by Crippen LogP contribution is 2.27. The molecule has 134 valence electrons. The van der Waals surface area contributed by atoms with Gasteiger partial charge < -0.3 is 15.3 Å². The third-order valence-electron chi connectivity index (χ3n) is 4.32. The third kappa shape index (κ3) is 4.37. The van der Waals surface area contributed by atoms with E-state index in [9.17, 15) is 14.7 Å². The van der Waals surface area contributed by atoms with Crippen molar-refractivity contribution >= 4 is 11.8 Å². The lowest BCUT2D eigenvalue weighted by atomic mass is 9.92. The molecule has 0 aromatic heterocycles. The normalized spacial score (nSPS) is 18.2. The zero-order chi connectivity index (χ0) is 18.6. The van der Waals surface area contributed by atoms with E-state index in [-0.39, 0.29) is 11.8 Å². The molecule has 1 aromatic rings. The molecule has 5 nitrogen and oxygen atoms in total. The number of carbonyl (C=O) groups excluding carboxylic acids is 2. The number of hydrogen-bond donors (Lipinski definition) is 2. The van der Waals surface area contributed by atoms with Gasteiger partial charge in [0, 0.05) is 17.8 Å². The summed E-state index contributed by atoms with van der Waals surface area (Å²) in [5, 5.41) is 13.2. The summed E-state index contributed by atoms with van der Waals surface area (Å²) < 4.78 is 0. The minimum atomic E-state index is -1.13. The average molecular weight is 342 g/mol. The van der Waals surface area contributed by atoms with E-state index < -0.39 is 11.6 Å². The lowest BCUT2D eigenvalue weighted by molar-refractivity contribution is -0.124. The minimum absolute atomic E-state index is 0.192. The number of likely N-dealkylation sites (tertiary alicyclic amines) is 1. The molecule has 0 spiro atoms. The van der Waals surface area contributed by atoms with Crippen molar-refractivity contribution in [2.75, 3.05) is 6.54 Å². The summed E-state index contributed by atoms with van der Waals surface area (Å²) in [5.74, 6) is -0.414. The molecule has 5 heteroatoms. The summed E-state index contributed by atoms with van der Waals surface area (Å²) in [5.41, 5.74) is 0.561. The van der Waals surface area contributed by atoms with E-state index in [1.807, 2.05) is 0 Å². The summed E-state index contributed by atoms with van der Waals surface area (Å²) in [7, 11) is 0. The van der Waals surface area contributed by atoms with Gasteiger partial charge in [-0.15, -0.1) is 0 Å². The van der Waals surface area contributed by atoms with Crippen LogP contribution in [0.3, 0.4) is 0 Å². The van der Waals surface area contributed by atoms with E-state index in [1.165, 1.54) is 0 Å². The molecular weight excluding hydrogens is 316 g/mol. The van der Waals surface area contributed by atoms with Crippen molar-refractivity contribution in [3.05, 3.63) is 59.8 Å². The second kappa shape index (κ2) is 7.66. The largest absolute Gasteiger partial charge is 0.386 e. The van der Waals surface area contributed by atoms with Crippen LogP contribution in [0.4, 0.5) is 0 Å². The van der Waals surface area contributed by atoms with Gasteiger partial charge in [0.05, 0.1) is 5.60 Å². The standard InChI is InChI=1S/C20H26N2O3/c1-5-9-14(2)21-18(23)17-12-8-13-22(17)19(24)15-10-6-7-11-16(15)20(3,4)25/h5-7,9-11,17,25H,1,8,12-13H2,2-4H3,(H,21,23)/b14-9+. The maximum atomic E-state index is 13.0. The molecule has 25 heavy (non-hydrogen) atoms. The number of amides is 2. The van der Waals surface area contributed by atoms with Gasteiger partial charge in [-0.3, -0.25) is 9.59 Å². The molecule has 0 aliphatic carbocycles. The number of hydrogen-bond acceptors (Lipinski definition) is 3. The third-order valence-corrected chi connectivity index (χ3v) is 4.32. The number of carbonyl (C=O) groups is 2. The average Bonchev–Trinajstić information content (AvgIpc) is 3.03. The molecular formula is C20H26N2O3. The quantitative estimate of drug-likeness (QED) is 0.809. The summed E-state index contributed by atoms with van der Waals surface area (Å²) in [6.07, 6.45) is 4.72. The highest BCUT2D eigenvalue weighted by molar-refractivity contribution is 5.99. The molecule has 1 aliphatic rings. The summed E-state index contributed by atoms with van der Waals surface area (Å²) >= 11 is 0. The highest BCUT2D eigenvalue weighted by Gasteiger charge is 2.36. The van der Waals surface area contributed by atoms with Gasteiger partial charge in [0.25, 0.3) is 5.91 Å². The summed E-state index contributed by atoms with van der Waals surface area (Å²) in [4.78, 5) is 27.2. The Morgan fingerprint density at radius 3 is 2.68 bits per heavy atom.